The molecule has 1 aromatic heterocycles. The number of benzene rings is 3. The third-order valence-electron chi connectivity index (χ3n) is 6.29. The molecule has 2 atom stereocenters. The standard InChI is InChI=1S/C30H29F3N2O4S2/c1-3-16-41(20-36,19-23-18-34-27-7-5-4-6-25(23)27)35-29(37)26-17-22(12-15-28(26)39-30(31,32)33)9-8-21-10-13-24(14-11-21)40(2)38/h4-7,10-15,17-18,34,36H,3,16,19-20H2,1-2H3,(H,35,37)/p+1. The number of H-pyrrole nitrogens is 1. The number of aliphatic hydroxyl groups is 1. The zero-order valence-corrected chi connectivity index (χ0v) is 24.1. The first kappa shape index (κ1) is 30.2. The Hall–Kier alpha value is -3.72. The van der Waals surface area contributed by atoms with Gasteiger partial charge in [0.2, 0.25) is 0 Å². The second-order valence-electron chi connectivity index (χ2n) is 9.37. The van der Waals surface area contributed by atoms with Gasteiger partial charge in [-0.05, 0) is 66.3 Å². The monoisotopic (exact) mass is 603 g/mol. The lowest BCUT2D eigenvalue weighted by molar-refractivity contribution is -0.274. The maximum atomic E-state index is 13.6. The molecule has 4 aromatic rings. The lowest BCUT2D eigenvalue weighted by Gasteiger charge is -2.39. The van der Waals surface area contributed by atoms with Gasteiger partial charge in [0.25, 0.3) is 5.91 Å². The molecule has 216 valence electrons. The number of hydrogen-bond acceptors (Lipinski definition) is 4. The van der Waals surface area contributed by atoms with Crippen molar-refractivity contribution in [3.05, 3.63) is 95.2 Å². The summed E-state index contributed by atoms with van der Waals surface area (Å²) in [6.07, 6.45) is -0.954. The van der Waals surface area contributed by atoms with E-state index in [1.807, 2.05) is 37.4 Å². The molecule has 0 aliphatic rings. The first-order valence-corrected chi connectivity index (χ1v) is 16.5. The maximum absolute atomic E-state index is 13.6. The molecule has 41 heavy (non-hydrogen) atoms. The Labute approximate surface area is 240 Å². The van der Waals surface area contributed by atoms with Crippen molar-refractivity contribution in [2.45, 2.75) is 30.4 Å². The number of aromatic amines is 1. The van der Waals surface area contributed by atoms with Crippen LogP contribution in [0.15, 0.2) is 77.8 Å². The van der Waals surface area contributed by atoms with Gasteiger partial charge in [-0.25, -0.2) is 0 Å². The van der Waals surface area contributed by atoms with Crippen LogP contribution in [0.4, 0.5) is 13.2 Å². The van der Waals surface area contributed by atoms with Crippen molar-refractivity contribution < 1.29 is 32.0 Å². The minimum Gasteiger partial charge on any atom is -0.405 e. The fourth-order valence-corrected chi connectivity index (χ4v) is 7.68. The molecule has 3 N–H and O–H groups in total. The number of carbonyl (C=O) groups excluding carboxylic acids is 1. The highest BCUT2D eigenvalue weighted by molar-refractivity contribution is 8.31. The van der Waals surface area contributed by atoms with Crippen molar-refractivity contribution in [1.29, 1.82) is 0 Å². The zero-order valence-electron chi connectivity index (χ0n) is 22.4. The Morgan fingerprint density at radius 2 is 1.76 bits per heavy atom. The van der Waals surface area contributed by atoms with E-state index in [-0.39, 0.29) is 11.5 Å². The molecule has 4 rings (SSSR count). The largest absolute Gasteiger partial charge is 0.573 e. The van der Waals surface area contributed by atoms with E-state index in [0.717, 1.165) is 22.5 Å². The first-order valence-electron chi connectivity index (χ1n) is 12.7. The number of halogens is 3. The zero-order chi connectivity index (χ0) is 29.6. The molecular weight excluding hydrogens is 573 g/mol. The van der Waals surface area contributed by atoms with Gasteiger partial charge in [0, 0.05) is 34.0 Å². The molecule has 0 aliphatic heterocycles. The number of fused-ring (bicyclic) bond motifs is 1. The number of aromatic nitrogens is 1. The fourth-order valence-electron chi connectivity index (χ4n) is 4.39. The fraction of sp³-hybridized carbons (Fsp3) is 0.233. The van der Waals surface area contributed by atoms with Crippen LogP contribution in [0.2, 0.25) is 0 Å². The van der Waals surface area contributed by atoms with Crippen LogP contribution >= 0.6 is 10.2 Å². The number of thiol groups is 1. The van der Waals surface area contributed by atoms with E-state index >= 15 is 0 Å². The molecule has 0 radical (unpaired) electrons. The highest BCUT2D eigenvalue weighted by atomic mass is 32.3. The number of aliphatic hydroxyl groups excluding tert-OH is 1. The smallest absolute Gasteiger partial charge is 0.405 e. The first-order chi connectivity index (χ1) is 19.5. The highest BCUT2D eigenvalue weighted by Gasteiger charge is 2.34. The van der Waals surface area contributed by atoms with Crippen molar-refractivity contribution >= 4 is 37.8 Å². The van der Waals surface area contributed by atoms with Crippen LogP contribution in [0.5, 0.6) is 5.75 Å². The minimum atomic E-state index is -5.02. The van der Waals surface area contributed by atoms with Crippen molar-refractivity contribution in [1.82, 2.24) is 9.71 Å². The number of nitrogens with one attached hydrogen (secondary N) is 2. The van der Waals surface area contributed by atoms with Gasteiger partial charge >= 0.3 is 6.36 Å². The van der Waals surface area contributed by atoms with E-state index in [9.17, 15) is 27.3 Å². The van der Waals surface area contributed by atoms with Crippen molar-refractivity contribution in [2.75, 3.05) is 17.9 Å². The third-order valence-corrected chi connectivity index (χ3v) is 10.5. The number of para-hydroxylation sites is 1. The number of rotatable bonds is 9. The molecule has 0 fully saturated rings. The van der Waals surface area contributed by atoms with Gasteiger partial charge in [0.05, 0.1) is 11.5 Å². The molecule has 0 aliphatic carbocycles. The molecule has 0 saturated carbocycles. The summed E-state index contributed by atoms with van der Waals surface area (Å²) in [6.45, 7) is 1.92. The van der Waals surface area contributed by atoms with Gasteiger partial charge in [-0.15, -0.1) is 27.6 Å². The lowest BCUT2D eigenvalue weighted by Crippen LogP contribution is -2.33. The van der Waals surface area contributed by atoms with Gasteiger partial charge in [0.1, 0.15) is 22.8 Å². The second-order valence-corrected chi connectivity index (χ2v) is 14.1. The van der Waals surface area contributed by atoms with E-state index < -0.39 is 39.0 Å². The molecular formula is C30H30F3N2O4S2+. The van der Waals surface area contributed by atoms with Crippen LogP contribution in [0.3, 0.4) is 0 Å². The molecule has 0 bridgehead atoms. The lowest BCUT2D eigenvalue weighted by atomic mass is 10.1. The highest BCUT2D eigenvalue weighted by Crippen LogP contribution is 2.48. The maximum Gasteiger partial charge on any atom is 0.573 e. The van der Waals surface area contributed by atoms with Crippen LogP contribution in [-0.4, -0.2) is 40.3 Å². The average molecular weight is 604 g/mol. The Morgan fingerprint density at radius 3 is 2.41 bits per heavy atom. The number of hydrogen-bond donors (Lipinski definition) is 3. The molecule has 1 amide bonds. The topological polar surface area (TPSA) is 91.4 Å². The summed E-state index contributed by atoms with van der Waals surface area (Å²) < 4.78 is 58.4. The summed E-state index contributed by atoms with van der Waals surface area (Å²) in [6, 6.07) is 18.1. The quantitative estimate of drug-likeness (QED) is 0.121. The molecule has 0 saturated heterocycles. The molecule has 6 nitrogen and oxygen atoms in total. The summed E-state index contributed by atoms with van der Waals surface area (Å²) in [5.74, 6) is 4.77. The molecule has 11 heteroatoms. The number of amides is 1. The predicted octanol–water partition coefficient (Wildman–Crippen LogP) is 6.16. The van der Waals surface area contributed by atoms with Gasteiger partial charge in [-0.3, -0.25) is 4.79 Å². The Morgan fingerprint density at radius 1 is 1.07 bits per heavy atom. The summed E-state index contributed by atoms with van der Waals surface area (Å²) in [5, 5.41) is 11.5. The summed E-state index contributed by atoms with van der Waals surface area (Å²) in [7, 11) is -3.74. The van der Waals surface area contributed by atoms with Gasteiger partial charge in [-0.1, -0.05) is 37.0 Å². The SMILES string of the molecule is CCCS(CO)(Cc1c[nH]c2ccccc12)NC(=O)c1cc(C#Cc2ccc([SH+](C)=O)cc2)ccc1OC(F)(F)F. The average Bonchev–Trinajstić information content (AvgIpc) is 3.34. The molecule has 3 aromatic carbocycles. The van der Waals surface area contributed by atoms with Crippen LogP contribution < -0.4 is 9.46 Å². The van der Waals surface area contributed by atoms with Gasteiger partial charge in [-0.2, -0.15) is 0 Å². The van der Waals surface area contributed by atoms with Crippen molar-refractivity contribution in [3.8, 4) is 17.6 Å². The minimum absolute atomic E-state index is 0.298. The van der Waals surface area contributed by atoms with E-state index in [0.29, 0.717) is 33.9 Å². The van der Waals surface area contributed by atoms with Crippen LogP contribution in [0.25, 0.3) is 10.9 Å². The summed E-state index contributed by atoms with van der Waals surface area (Å²) >= 11 is 0. The summed E-state index contributed by atoms with van der Waals surface area (Å²) in [5.41, 5.74) is 2.36. The van der Waals surface area contributed by atoms with Crippen molar-refractivity contribution in [2.24, 2.45) is 0 Å². The molecule has 1 heterocycles. The Bertz CT molecular complexity index is 1620. The van der Waals surface area contributed by atoms with Crippen molar-refractivity contribution in [3.63, 3.8) is 0 Å². The predicted molar refractivity (Wildman–Crippen MR) is 158 cm³/mol. The van der Waals surface area contributed by atoms with Gasteiger partial charge < -0.3 is 19.5 Å². The molecule has 2 unspecified atom stereocenters. The Kier molecular flexibility index (Phi) is 9.48. The van der Waals surface area contributed by atoms with Crippen LogP contribution in [0.1, 0.15) is 40.4 Å². The van der Waals surface area contributed by atoms with Crippen LogP contribution in [-0.2, 0) is 20.8 Å². The van der Waals surface area contributed by atoms with E-state index in [1.54, 1.807) is 30.5 Å². The summed E-state index contributed by atoms with van der Waals surface area (Å²) in [4.78, 5) is 17.4. The number of carbonyl (C=O) groups is 1. The molecule has 0 spiro atoms. The van der Waals surface area contributed by atoms with Gasteiger partial charge in [0.15, 0.2) is 4.90 Å². The third kappa shape index (κ3) is 7.73. The van der Waals surface area contributed by atoms with E-state index in [4.69, 9.17) is 0 Å². The van der Waals surface area contributed by atoms with E-state index in [2.05, 4.69) is 26.3 Å². The Balaban J connectivity index is 1.67. The van der Waals surface area contributed by atoms with E-state index in [1.165, 1.54) is 12.1 Å². The number of alkyl halides is 3. The normalized spacial score (nSPS) is 14.4. The van der Waals surface area contributed by atoms with Crippen LogP contribution in [0, 0.1) is 11.8 Å². The second kappa shape index (κ2) is 12.9. The number of ether oxygens (including phenoxy) is 1.